The van der Waals surface area contributed by atoms with E-state index in [-0.39, 0.29) is 0 Å². The van der Waals surface area contributed by atoms with Crippen LogP contribution in [0.3, 0.4) is 0 Å². The molecular formula is C30H55ClN2O4S. The number of carbonyl (C=O) groups is 1. The first-order chi connectivity index (χ1) is 18.2. The van der Waals surface area contributed by atoms with Gasteiger partial charge < -0.3 is 10.0 Å². The highest BCUT2D eigenvalue weighted by atomic mass is 35.5. The van der Waals surface area contributed by atoms with E-state index in [9.17, 15) is 18.3 Å². The van der Waals surface area contributed by atoms with Gasteiger partial charge in [-0.25, -0.2) is 8.42 Å². The van der Waals surface area contributed by atoms with Crippen LogP contribution in [-0.4, -0.2) is 60.4 Å². The Morgan fingerprint density at radius 1 is 0.921 bits per heavy atom. The van der Waals surface area contributed by atoms with E-state index in [0.29, 0.717) is 34.8 Å². The molecule has 1 aromatic rings. The van der Waals surface area contributed by atoms with Crippen molar-refractivity contribution >= 4 is 27.5 Å². The Balaban J connectivity index is 0.000000603. The molecule has 3 fully saturated rings. The monoisotopic (exact) mass is 574 g/mol. The second-order valence-corrected chi connectivity index (χ2v) is 11.8. The number of rotatable bonds is 6. The van der Waals surface area contributed by atoms with E-state index in [0.717, 1.165) is 64.5 Å². The van der Waals surface area contributed by atoms with Crippen LogP contribution < -0.4 is 0 Å². The second kappa shape index (κ2) is 19.8. The fourth-order valence-corrected chi connectivity index (χ4v) is 6.09. The van der Waals surface area contributed by atoms with Gasteiger partial charge in [-0.3, -0.25) is 4.79 Å². The van der Waals surface area contributed by atoms with Crippen LogP contribution in [0, 0.1) is 5.92 Å². The highest BCUT2D eigenvalue weighted by molar-refractivity contribution is 7.89. The summed E-state index contributed by atoms with van der Waals surface area (Å²) in [6.07, 6.45) is 9.65. The summed E-state index contributed by atoms with van der Waals surface area (Å²) in [7, 11) is -3.30. The predicted molar refractivity (Wildman–Crippen MR) is 161 cm³/mol. The zero-order valence-electron chi connectivity index (χ0n) is 25.1. The van der Waals surface area contributed by atoms with Crippen LogP contribution in [0.25, 0.3) is 0 Å². The quantitative estimate of drug-likeness (QED) is 0.381. The first-order valence-electron chi connectivity index (χ1n) is 15.0. The molecule has 8 heteroatoms. The topological polar surface area (TPSA) is 77.9 Å². The first kappa shape index (κ1) is 36.8. The van der Waals surface area contributed by atoms with Crippen molar-refractivity contribution in [2.45, 2.75) is 123 Å². The minimum atomic E-state index is -3.30. The van der Waals surface area contributed by atoms with Gasteiger partial charge in [0.15, 0.2) is 0 Å². The van der Waals surface area contributed by atoms with E-state index in [2.05, 4.69) is 6.92 Å². The van der Waals surface area contributed by atoms with Gasteiger partial charge in [0.2, 0.25) is 15.9 Å². The van der Waals surface area contributed by atoms with Gasteiger partial charge in [-0.1, -0.05) is 72.9 Å². The Kier molecular flexibility index (Phi) is 19.2. The number of nitrogens with zero attached hydrogens (tertiary/aromatic N) is 2. The van der Waals surface area contributed by atoms with Crippen molar-refractivity contribution in [3.8, 4) is 0 Å². The van der Waals surface area contributed by atoms with Gasteiger partial charge in [0.05, 0.1) is 10.5 Å². The molecule has 1 N–H and O–H groups in total. The molecule has 2 aliphatic heterocycles. The Morgan fingerprint density at radius 2 is 1.42 bits per heavy atom. The SMILES string of the molecule is CC.CC.CC.CCCC1(O)CCN(C(=O)CC2CC2)CC1.O=S(=O)(c1ccc(Cl)cc1)N1CCCCC1. The number of carbonyl (C=O) groups excluding carboxylic acids is 1. The highest BCUT2D eigenvalue weighted by Gasteiger charge is 2.34. The molecule has 0 unspecified atom stereocenters. The average Bonchev–Trinajstić information content (AvgIpc) is 3.77. The molecule has 1 aromatic carbocycles. The predicted octanol–water partition coefficient (Wildman–Crippen LogP) is 7.53. The number of hydrogen-bond acceptors (Lipinski definition) is 4. The lowest BCUT2D eigenvalue weighted by Gasteiger charge is -2.38. The molecule has 1 saturated carbocycles. The van der Waals surface area contributed by atoms with E-state index in [1.165, 1.54) is 12.8 Å². The molecule has 0 atom stereocenters. The molecule has 2 heterocycles. The maximum atomic E-state index is 12.2. The lowest BCUT2D eigenvalue weighted by atomic mass is 9.87. The van der Waals surface area contributed by atoms with Crippen LogP contribution in [0.15, 0.2) is 29.2 Å². The molecule has 4 rings (SSSR count). The number of halogens is 1. The number of likely N-dealkylation sites (tertiary alicyclic amines) is 1. The summed E-state index contributed by atoms with van der Waals surface area (Å²) in [4.78, 5) is 14.1. The molecule has 2 saturated heterocycles. The number of aliphatic hydroxyl groups is 1. The molecule has 0 aromatic heterocycles. The van der Waals surface area contributed by atoms with Gasteiger partial charge in [-0.15, -0.1) is 0 Å². The number of amides is 1. The third-order valence-electron chi connectivity index (χ3n) is 6.69. The summed E-state index contributed by atoms with van der Waals surface area (Å²) in [5, 5.41) is 10.8. The van der Waals surface area contributed by atoms with Crippen LogP contribution in [-0.2, 0) is 14.8 Å². The van der Waals surface area contributed by atoms with Gasteiger partial charge >= 0.3 is 0 Å². The summed E-state index contributed by atoms with van der Waals surface area (Å²) < 4.78 is 25.9. The van der Waals surface area contributed by atoms with Gasteiger partial charge in [-0.2, -0.15) is 4.31 Å². The van der Waals surface area contributed by atoms with Gasteiger partial charge in [-0.05, 0) is 75.1 Å². The van der Waals surface area contributed by atoms with Crippen molar-refractivity contribution in [3.63, 3.8) is 0 Å². The number of piperidine rings is 2. The van der Waals surface area contributed by atoms with Gasteiger partial charge in [0.1, 0.15) is 0 Å². The minimum absolute atomic E-state index is 0.307. The molecule has 38 heavy (non-hydrogen) atoms. The van der Waals surface area contributed by atoms with E-state index in [4.69, 9.17) is 11.6 Å². The summed E-state index contributed by atoms with van der Waals surface area (Å²) in [5.74, 6) is 0.977. The first-order valence-corrected chi connectivity index (χ1v) is 16.8. The Labute approximate surface area is 239 Å². The van der Waals surface area contributed by atoms with Crippen molar-refractivity contribution in [2.75, 3.05) is 26.2 Å². The highest BCUT2D eigenvalue weighted by Crippen LogP contribution is 2.34. The van der Waals surface area contributed by atoms with Crippen LogP contribution in [0.5, 0.6) is 0 Å². The molecule has 222 valence electrons. The number of sulfonamides is 1. The molecule has 0 bridgehead atoms. The lowest BCUT2D eigenvalue weighted by molar-refractivity contribution is -0.136. The summed E-state index contributed by atoms with van der Waals surface area (Å²) in [6, 6.07) is 6.34. The molecule has 6 nitrogen and oxygen atoms in total. The zero-order valence-corrected chi connectivity index (χ0v) is 26.7. The Hall–Kier alpha value is -1.15. The number of benzene rings is 1. The van der Waals surface area contributed by atoms with E-state index < -0.39 is 15.6 Å². The Morgan fingerprint density at radius 3 is 1.87 bits per heavy atom. The number of hydrogen-bond donors (Lipinski definition) is 1. The van der Waals surface area contributed by atoms with E-state index in [1.54, 1.807) is 28.6 Å². The summed E-state index contributed by atoms with van der Waals surface area (Å²) in [6.45, 7) is 16.9. The average molecular weight is 575 g/mol. The molecule has 0 spiro atoms. The molecule has 3 aliphatic rings. The molecular weight excluding hydrogens is 520 g/mol. The van der Waals surface area contributed by atoms with Gasteiger partial charge in [0, 0.05) is 37.6 Å². The molecule has 1 amide bonds. The van der Waals surface area contributed by atoms with Crippen molar-refractivity contribution in [2.24, 2.45) is 5.92 Å². The third kappa shape index (κ3) is 12.8. The standard InChI is InChI=1S/C13H23NO2.C11H14ClNO2S.3C2H6/c1-2-5-13(16)6-8-14(9-7-13)12(15)10-11-3-4-11;12-10-4-6-11(7-5-10)16(14,15)13-8-2-1-3-9-13;3*1-2/h11,16H,2-10H2,1H3;4-7H,1-3,8-9H2;3*1-2H3. The van der Waals surface area contributed by atoms with Crippen LogP contribution in [0.2, 0.25) is 5.02 Å². The normalized spacial score (nSPS) is 18.6. The molecule has 1 aliphatic carbocycles. The van der Waals surface area contributed by atoms with Crippen molar-refractivity contribution in [1.29, 1.82) is 0 Å². The fraction of sp³-hybridized carbons (Fsp3) is 0.767. The minimum Gasteiger partial charge on any atom is -0.390 e. The fourth-order valence-electron chi connectivity index (χ4n) is 4.45. The van der Waals surface area contributed by atoms with Gasteiger partial charge in [0.25, 0.3) is 0 Å². The maximum Gasteiger partial charge on any atom is 0.243 e. The van der Waals surface area contributed by atoms with E-state index >= 15 is 0 Å². The van der Waals surface area contributed by atoms with Crippen LogP contribution >= 0.6 is 11.6 Å². The van der Waals surface area contributed by atoms with Crippen molar-refractivity contribution < 1.29 is 18.3 Å². The lowest BCUT2D eigenvalue weighted by Crippen LogP contribution is -2.46. The largest absolute Gasteiger partial charge is 0.390 e. The van der Waals surface area contributed by atoms with E-state index in [1.807, 2.05) is 46.4 Å². The summed E-state index contributed by atoms with van der Waals surface area (Å²) >= 11 is 5.74. The zero-order chi connectivity index (χ0) is 29.2. The van der Waals surface area contributed by atoms with Crippen LogP contribution in [0.1, 0.15) is 113 Å². The maximum absolute atomic E-state index is 12.2. The smallest absolute Gasteiger partial charge is 0.243 e. The van der Waals surface area contributed by atoms with Crippen LogP contribution in [0.4, 0.5) is 0 Å². The van der Waals surface area contributed by atoms with Crippen molar-refractivity contribution in [1.82, 2.24) is 9.21 Å². The Bertz CT molecular complexity index is 844. The third-order valence-corrected chi connectivity index (χ3v) is 8.85. The summed E-state index contributed by atoms with van der Waals surface area (Å²) in [5.41, 5.74) is -0.495. The van der Waals surface area contributed by atoms with Crippen molar-refractivity contribution in [3.05, 3.63) is 29.3 Å². The molecule has 0 radical (unpaired) electrons. The second-order valence-electron chi connectivity index (χ2n) is 9.42.